The highest BCUT2D eigenvalue weighted by atomic mass is 15.6. The van der Waals surface area contributed by atoms with Gasteiger partial charge in [0.2, 0.25) is 0 Å². The van der Waals surface area contributed by atoms with Crippen molar-refractivity contribution in [2.75, 3.05) is 13.6 Å². The number of hydrogen-bond acceptors (Lipinski definition) is 4. The maximum Gasteiger partial charge on any atom is 0.0949 e. The van der Waals surface area contributed by atoms with E-state index in [9.17, 15) is 0 Å². The van der Waals surface area contributed by atoms with E-state index in [0.29, 0.717) is 12.1 Å². The molecule has 4 heteroatoms. The average Bonchev–Trinajstić information content (AvgIpc) is 2.49. The molecule has 2 aliphatic rings. The second-order valence-corrected chi connectivity index (χ2v) is 4.17. The minimum absolute atomic E-state index is 0.471. The van der Waals surface area contributed by atoms with Gasteiger partial charge in [0.25, 0.3) is 0 Å². The fourth-order valence-corrected chi connectivity index (χ4v) is 2.46. The maximum atomic E-state index is 5.57. The van der Waals surface area contributed by atoms with Gasteiger partial charge < -0.3 is 5.73 Å². The molecule has 1 saturated carbocycles. The molecule has 0 saturated heterocycles. The Bertz CT molecular complexity index is 204. The number of rotatable bonds is 2. The van der Waals surface area contributed by atoms with Gasteiger partial charge >= 0.3 is 0 Å². The van der Waals surface area contributed by atoms with Gasteiger partial charge in [-0.25, -0.2) is 0 Å². The Hall–Kier alpha value is -0.640. The van der Waals surface area contributed by atoms with Crippen molar-refractivity contribution in [2.24, 2.45) is 22.0 Å². The second kappa shape index (κ2) is 3.62. The smallest absolute Gasteiger partial charge is 0.0949 e. The molecule has 0 bridgehead atoms. The topological polar surface area (TPSA) is 54.0 Å². The van der Waals surface area contributed by atoms with Gasteiger partial charge in [0, 0.05) is 7.05 Å². The first kappa shape index (κ1) is 8.94. The zero-order valence-electron chi connectivity index (χ0n) is 8.19. The van der Waals surface area contributed by atoms with Gasteiger partial charge in [-0.3, -0.25) is 5.01 Å². The molecule has 74 valence electrons. The first-order valence-electron chi connectivity index (χ1n) is 5.15. The van der Waals surface area contributed by atoms with Crippen molar-refractivity contribution < 1.29 is 0 Å². The van der Waals surface area contributed by atoms with Gasteiger partial charge in [0.05, 0.1) is 12.1 Å². The molecule has 0 spiro atoms. The Labute approximate surface area is 79.2 Å². The molecule has 13 heavy (non-hydrogen) atoms. The molecule has 1 aliphatic carbocycles. The molecule has 0 aromatic heterocycles. The van der Waals surface area contributed by atoms with Crippen LogP contribution in [-0.4, -0.2) is 30.7 Å². The highest BCUT2D eigenvalue weighted by Crippen LogP contribution is 2.34. The minimum Gasteiger partial charge on any atom is -0.330 e. The lowest BCUT2D eigenvalue weighted by atomic mass is 9.81. The molecule has 0 radical (unpaired) electrons. The Balaban J connectivity index is 1.92. The molecule has 3 unspecified atom stereocenters. The van der Waals surface area contributed by atoms with Crippen LogP contribution in [0.3, 0.4) is 0 Å². The van der Waals surface area contributed by atoms with Crippen LogP contribution in [0.5, 0.6) is 0 Å². The molecule has 3 atom stereocenters. The molecule has 1 fully saturated rings. The van der Waals surface area contributed by atoms with Crippen LogP contribution < -0.4 is 5.73 Å². The first-order chi connectivity index (χ1) is 6.31. The lowest BCUT2D eigenvalue weighted by Gasteiger charge is -2.32. The van der Waals surface area contributed by atoms with Crippen LogP contribution in [0.2, 0.25) is 0 Å². The fraction of sp³-hybridized carbons (Fsp3) is 1.00. The second-order valence-electron chi connectivity index (χ2n) is 4.17. The monoisotopic (exact) mass is 182 g/mol. The standard InChI is InChI=1S/C9H18N4/c1-13-9-6-7(4-5-10)2-3-8(9)11-12-13/h7-9H,2-6,10H2,1H3. The Kier molecular flexibility index (Phi) is 2.49. The van der Waals surface area contributed by atoms with Crippen LogP contribution in [0.1, 0.15) is 25.7 Å². The summed E-state index contributed by atoms with van der Waals surface area (Å²) in [5.41, 5.74) is 5.57. The number of fused-ring (bicyclic) bond motifs is 1. The molecule has 1 aliphatic heterocycles. The Morgan fingerprint density at radius 1 is 1.46 bits per heavy atom. The van der Waals surface area contributed by atoms with Crippen LogP contribution in [0, 0.1) is 5.92 Å². The fourth-order valence-electron chi connectivity index (χ4n) is 2.46. The van der Waals surface area contributed by atoms with Crippen molar-refractivity contribution in [2.45, 2.75) is 37.8 Å². The van der Waals surface area contributed by atoms with Gasteiger partial charge in [-0.1, -0.05) is 5.22 Å². The van der Waals surface area contributed by atoms with E-state index in [1.807, 2.05) is 12.1 Å². The van der Waals surface area contributed by atoms with Crippen LogP contribution in [-0.2, 0) is 0 Å². The summed E-state index contributed by atoms with van der Waals surface area (Å²) in [6.07, 6.45) is 4.87. The Morgan fingerprint density at radius 3 is 3.08 bits per heavy atom. The van der Waals surface area contributed by atoms with E-state index in [2.05, 4.69) is 10.3 Å². The molecule has 2 N–H and O–H groups in total. The van der Waals surface area contributed by atoms with Crippen LogP contribution in [0.4, 0.5) is 0 Å². The van der Waals surface area contributed by atoms with E-state index in [-0.39, 0.29) is 0 Å². The zero-order chi connectivity index (χ0) is 9.26. The first-order valence-corrected chi connectivity index (χ1v) is 5.15. The van der Waals surface area contributed by atoms with Crippen molar-refractivity contribution in [3.63, 3.8) is 0 Å². The number of nitrogens with zero attached hydrogens (tertiary/aromatic N) is 3. The SMILES string of the molecule is CN1N=NC2CCC(CCN)CC21. The highest BCUT2D eigenvalue weighted by Gasteiger charge is 2.36. The van der Waals surface area contributed by atoms with Crippen molar-refractivity contribution in [3.8, 4) is 0 Å². The summed E-state index contributed by atoms with van der Waals surface area (Å²) >= 11 is 0. The molecule has 0 aromatic carbocycles. The van der Waals surface area contributed by atoms with Crippen LogP contribution in [0.25, 0.3) is 0 Å². The number of hydrogen-bond donors (Lipinski definition) is 1. The normalized spacial score (nSPS) is 38.0. The third kappa shape index (κ3) is 1.68. The van der Waals surface area contributed by atoms with Gasteiger partial charge in [0.15, 0.2) is 0 Å². The van der Waals surface area contributed by atoms with E-state index in [0.717, 1.165) is 18.9 Å². The molecular weight excluding hydrogens is 164 g/mol. The minimum atomic E-state index is 0.471. The van der Waals surface area contributed by atoms with Gasteiger partial charge in [0.1, 0.15) is 0 Å². The van der Waals surface area contributed by atoms with Crippen LogP contribution in [0.15, 0.2) is 10.3 Å². The van der Waals surface area contributed by atoms with E-state index < -0.39 is 0 Å². The van der Waals surface area contributed by atoms with Gasteiger partial charge in [-0.05, 0) is 38.1 Å². The highest BCUT2D eigenvalue weighted by molar-refractivity contribution is 4.91. The molecular formula is C9H18N4. The lowest BCUT2D eigenvalue weighted by Crippen LogP contribution is -2.38. The summed E-state index contributed by atoms with van der Waals surface area (Å²) in [6, 6.07) is 1.03. The molecule has 4 nitrogen and oxygen atoms in total. The maximum absolute atomic E-state index is 5.57. The molecule has 1 heterocycles. The third-order valence-corrected chi connectivity index (χ3v) is 3.29. The van der Waals surface area contributed by atoms with Crippen LogP contribution >= 0.6 is 0 Å². The van der Waals surface area contributed by atoms with Gasteiger partial charge in [-0.2, -0.15) is 5.11 Å². The summed E-state index contributed by atoms with van der Waals surface area (Å²) in [4.78, 5) is 0. The predicted octanol–water partition coefficient (Wildman–Crippen LogP) is 1.19. The molecule has 0 aromatic rings. The summed E-state index contributed by atoms with van der Waals surface area (Å²) < 4.78 is 0. The van der Waals surface area contributed by atoms with Crippen molar-refractivity contribution in [1.29, 1.82) is 0 Å². The van der Waals surface area contributed by atoms with E-state index >= 15 is 0 Å². The third-order valence-electron chi connectivity index (χ3n) is 3.29. The quantitative estimate of drug-likeness (QED) is 0.697. The molecule has 2 rings (SSSR count). The summed E-state index contributed by atoms with van der Waals surface area (Å²) in [7, 11) is 2.03. The van der Waals surface area contributed by atoms with Crippen molar-refractivity contribution in [3.05, 3.63) is 0 Å². The average molecular weight is 182 g/mol. The zero-order valence-corrected chi connectivity index (χ0v) is 8.19. The number of likely N-dealkylation sites (N-methyl/N-ethyl adjacent to an activating group) is 1. The van der Waals surface area contributed by atoms with E-state index in [4.69, 9.17) is 5.73 Å². The summed E-state index contributed by atoms with van der Waals surface area (Å²) in [5.74, 6) is 0.803. The summed E-state index contributed by atoms with van der Waals surface area (Å²) in [5, 5.41) is 10.4. The van der Waals surface area contributed by atoms with E-state index in [1.54, 1.807) is 0 Å². The molecule has 0 amide bonds. The predicted molar refractivity (Wildman–Crippen MR) is 51.2 cm³/mol. The Morgan fingerprint density at radius 2 is 2.31 bits per heavy atom. The lowest BCUT2D eigenvalue weighted by molar-refractivity contribution is 0.178. The van der Waals surface area contributed by atoms with Crippen molar-refractivity contribution in [1.82, 2.24) is 5.01 Å². The van der Waals surface area contributed by atoms with E-state index in [1.165, 1.54) is 19.3 Å². The largest absolute Gasteiger partial charge is 0.330 e. The number of nitrogens with two attached hydrogens (primary N) is 1. The summed E-state index contributed by atoms with van der Waals surface area (Å²) in [6.45, 7) is 0.819. The van der Waals surface area contributed by atoms with Gasteiger partial charge in [-0.15, -0.1) is 0 Å². The van der Waals surface area contributed by atoms with Crippen molar-refractivity contribution >= 4 is 0 Å².